The molecule has 0 aliphatic heterocycles. The Morgan fingerprint density at radius 3 is 1.96 bits per heavy atom. The number of carboxylic acid groups (broad SMARTS) is 2. The molecule has 0 aliphatic carbocycles. The van der Waals surface area contributed by atoms with Crippen LogP contribution < -0.4 is 16.4 Å². The third-order valence-electron chi connectivity index (χ3n) is 2.97. The van der Waals surface area contributed by atoms with Crippen LogP contribution in [-0.4, -0.2) is 52.6 Å². The first kappa shape index (κ1) is 24.1. The number of hydrogen-bond acceptors (Lipinski definition) is 5. The summed E-state index contributed by atoms with van der Waals surface area (Å²) in [7, 11) is 0. The molecule has 0 heterocycles. The van der Waals surface area contributed by atoms with Crippen molar-refractivity contribution >= 4 is 23.8 Å². The molecule has 6 N–H and O–H groups in total. The Bertz CT molecular complexity index is 412. The second kappa shape index (κ2) is 14.4. The molecule has 24 heavy (non-hydrogen) atoms. The maximum Gasteiger partial charge on any atom is 0.322 e. The van der Waals surface area contributed by atoms with E-state index in [4.69, 9.17) is 15.9 Å². The van der Waals surface area contributed by atoms with Gasteiger partial charge in [-0.25, -0.2) is 0 Å². The molecule has 0 radical (unpaired) electrons. The SMILES string of the molecule is CCC(NC(=O)CCC(N)C(=O)O)C(=O)NCC(=O)O.CCCC. The second-order valence-corrected chi connectivity index (χ2v) is 5.12. The number of hydrogen-bond donors (Lipinski definition) is 5. The maximum atomic E-state index is 11.6. The van der Waals surface area contributed by atoms with Gasteiger partial charge in [0.25, 0.3) is 0 Å². The van der Waals surface area contributed by atoms with E-state index in [0.29, 0.717) is 0 Å². The van der Waals surface area contributed by atoms with Gasteiger partial charge in [-0.2, -0.15) is 0 Å². The summed E-state index contributed by atoms with van der Waals surface area (Å²) in [6.45, 7) is 5.48. The van der Waals surface area contributed by atoms with Crippen molar-refractivity contribution in [2.24, 2.45) is 5.73 Å². The minimum Gasteiger partial charge on any atom is -0.480 e. The third-order valence-corrected chi connectivity index (χ3v) is 2.97. The van der Waals surface area contributed by atoms with E-state index in [1.54, 1.807) is 6.92 Å². The lowest BCUT2D eigenvalue weighted by Gasteiger charge is -2.16. The second-order valence-electron chi connectivity index (χ2n) is 5.12. The fourth-order valence-electron chi connectivity index (χ4n) is 1.32. The molecule has 0 aromatic carbocycles. The number of carbonyl (C=O) groups is 4. The highest BCUT2D eigenvalue weighted by Gasteiger charge is 2.20. The number of amides is 2. The lowest BCUT2D eigenvalue weighted by Crippen LogP contribution is -2.47. The summed E-state index contributed by atoms with van der Waals surface area (Å²) >= 11 is 0. The van der Waals surface area contributed by atoms with Gasteiger partial charge in [0.2, 0.25) is 11.8 Å². The molecule has 2 atom stereocenters. The lowest BCUT2D eigenvalue weighted by atomic mass is 10.1. The highest BCUT2D eigenvalue weighted by atomic mass is 16.4. The Morgan fingerprint density at radius 1 is 1.04 bits per heavy atom. The highest BCUT2D eigenvalue weighted by molar-refractivity contribution is 5.89. The average molecular weight is 347 g/mol. The van der Waals surface area contributed by atoms with Crippen LogP contribution in [0.3, 0.4) is 0 Å². The summed E-state index contributed by atoms with van der Waals surface area (Å²) < 4.78 is 0. The van der Waals surface area contributed by atoms with Crippen molar-refractivity contribution in [3.8, 4) is 0 Å². The number of carbonyl (C=O) groups excluding carboxylic acids is 2. The quantitative estimate of drug-likeness (QED) is 0.374. The van der Waals surface area contributed by atoms with Crippen LogP contribution in [0.15, 0.2) is 0 Å². The Hall–Kier alpha value is -2.16. The van der Waals surface area contributed by atoms with Crippen molar-refractivity contribution < 1.29 is 29.4 Å². The van der Waals surface area contributed by atoms with Gasteiger partial charge in [0.1, 0.15) is 18.6 Å². The molecule has 0 aliphatic rings. The summed E-state index contributed by atoms with van der Waals surface area (Å²) in [5.41, 5.74) is 5.24. The van der Waals surface area contributed by atoms with Crippen molar-refractivity contribution in [2.75, 3.05) is 6.54 Å². The van der Waals surface area contributed by atoms with E-state index in [0.717, 1.165) is 0 Å². The number of nitrogens with two attached hydrogens (primary N) is 1. The van der Waals surface area contributed by atoms with Crippen LogP contribution in [0.1, 0.15) is 52.9 Å². The molecule has 0 aromatic rings. The molecule has 0 saturated heterocycles. The number of unbranched alkanes of at least 4 members (excludes halogenated alkanes) is 1. The summed E-state index contributed by atoms with van der Waals surface area (Å²) in [5, 5.41) is 21.5. The van der Waals surface area contributed by atoms with Crippen LogP contribution in [-0.2, 0) is 19.2 Å². The van der Waals surface area contributed by atoms with Gasteiger partial charge >= 0.3 is 11.9 Å². The molecule has 0 spiro atoms. The van der Waals surface area contributed by atoms with Crippen LogP contribution in [0.2, 0.25) is 0 Å². The van der Waals surface area contributed by atoms with Crippen molar-refractivity contribution in [1.29, 1.82) is 0 Å². The first-order valence-electron chi connectivity index (χ1n) is 7.96. The van der Waals surface area contributed by atoms with E-state index in [1.165, 1.54) is 12.8 Å². The highest BCUT2D eigenvalue weighted by Crippen LogP contribution is 1.98. The van der Waals surface area contributed by atoms with Crippen LogP contribution >= 0.6 is 0 Å². The summed E-state index contributed by atoms with van der Waals surface area (Å²) in [6.07, 6.45) is 2.74. The van der Waals surface area contributed by atoms with E-state index < -0.39 is 42.4 Å². The van der Waals surface area contributed by atoms with Gasteiger partial charge in [-0.15, -0.1) is 0 Å². The fourth-order valence-corrected chi connectivity index (χ4v) is 1.32. The molecule has 2 amide bonds. The summed E-state index contributed by atoms with van der Waals surface area (Å²) in [6, 6.07) is -2.00. The van der Waals surface area contributed by atoms with Gasteiger partial charge in [0.15, 0.2) is 0 Å². The monoisotopic (exact) mass is 347 g/mol. The van der Waals surface area contributed by atoms with Crippen molar-refractivity contribution in [3.05, 3.63) is 0 Å². The molecule has 140 valence electrons. The van der Waals surface area contributed by atoms with E-state index in [-0.39, 0.29) is 19.3 Å². The van der Waals surface area contributed by atoms with Gasteiger partial charge in [0, 0.05) is 6.42 Å². The predicted molar refractivity (Wildman–Crippen MR) is 88.3 cm³/mol. The topological polar surface area (TPSA) is 159 Å². The third kappa shape index (κ3) is 13.5. The zero-order chi connectivity index (χ0) is 19.1. The van der Waals surface area contributed by atoms with Crippen molar-refractivity contribution in [1.82, 2.24) is 10.6 Å². The van der Waals surface area contributed by atoms with Crippen molar-refractivity contribution in [3.63, 3.8) is 0 Å². The Morgan fingerprint density at radius 2 is 1.58 bits per heavy atom. The number of carboxylic acids is 2. The Balaban J connectivity index is 0. The van der Waals surface area contributed by atoms with E-state index >= 15 is 0 Å². The fraction of sp³-hybridized carbons (Fsp3) is 0.733. The molecule has 0 saturated carbocycles. The Labute approximate surface area is 142 Å². The standard InChI is InChI=1S/C11H19N3O6.C4H10/c1-2-7(10(18)13-5-9(16)17)14-8(15)4-3-6(12)11(19)20;1-3-4-2/h6-7H,2-5,12H2,1H3,(H,13,18)(H,14,15)(H,16,17)(H,19,20);3-4H2,1-2H3. The minimum absolute atomic E-state index is 0.0473. The normalized spacial score (nSPS) is 12.2. The predicted octanol–water partition coefficient (Wildman–Crippen LogP) is 0.0805. The van der Waals surface area contributed by atoms with Gasteiger partial charge < -0.3 is 26.6 Å². The lowest BCUT2D eigenvalue weighted by molar-refractivity contribution is -0.139. The zero-order valence-corrected chi connectivity index (χ0v) is 14.5. The number of rotatable bonds is 10. The average Bonchev–Trinajstić information content (AvgIpc) is 2.55. The number of aliphatic carboxylic acids is 2. The molecule has 0 aromatic heterocycles. The molecule has 9 nitrogen and oxygen atoms in total. The zero-order valence-electron chi connectivity index (χ0n) is 14.5. The van der Waals surface area contributed by atoms with Crippen LogP contribution in [0.4, 0.5) is 0 Å². The molecule has 9 heteroatoms. The molecular weight excluding hydrogens is 318 g/mol. The maximum absolute atomic E-state index is 11.6. The van der Waals surface area contributed by atoms with E-state index in [9.17, 15) is 19.2 Å². The van der Waals surface area contributed by atoms with Crippen LogP contribution in [0.25, 0.3) is 0 Å². The number of nitrogens with one attached hydrogen (secondary N) is 2. The molecule has 2 unspecified atom stereocenters. The molecular formula is C15H29N3O6. The van der Waals surface area contributed by atoms with Gasteiger partial charge in [-0.1, -0.05) is 33.6 Å². The molecule has 0 rings (SSSR count). The van der Waals surface area contributed by atoms with Crippen LogP contribution in [0.5, 0.6) is 0 Å². The summed E-state index contributed by atoms with van der Waals surface area (Å²) in [5.74, 6) is -3.51. The minimum atomic E-state index is -1.20. The van der Waals surface area contributed by atoms with Crippen LogP contribution in [0, 0.1) is 0 Å². The summed E-state index contributed by atoms with van der Waals surface area (Å²) in [4.78, 5) is 43.9. The first-order chi connectivity index (χ1) is 11.2. The smallest absolute Gasteiger partial charge is 0.322 e. The van der Waals surface area contributed by atoms with E-state index in [1.807, 2.05) is 0 Å². The first-order valence-corrected chi connectivity index (χ1v) is 7.96. The van der Waals surface area contributed by atoms with E-state index in [2.05, 4.69) is 24.5 Å². The Kier molecular flexibility index (Phi) is 14.5. The van der Waals surface area contributed by atoms with Gasteiger partial charge in [0.05, 0.1) is 0 Å². The molecule has 0 fully saturated rings. The van der Waals surface area contributed by atoms with Gasteiger partial charge in [-0.05, 0) is 12.8 Å². The van der Waals surface area contributed by atoms with Crippen molar-refractivity contribution in [2.45, 2.75) is 65.0 Å². The van der Waals surface area contributed by atoms with Gasteiger partial charge in [-0.3, -0.25) is 19.2 Å². The largest absolute Gasteiger partial charge is 0.480 e. The molecule has 0 bridgehead atoms.